The van der Waals surface area contributed by atoms with E-state index < -0.39 is 0 Å². The van der Waals surface area contributed by atoms with Crippen molar-refractivity contribution in [1.29, 1.82) is 0 Å². The highest BCUT2D eigenvalue weighted by Crippen LogP contribution is 2.32. The van der Waals surface area contributed by atoms with Crippen molar-refractivity contribution in [2.45, 2.75) is 6.54 Å². The Labute approximate surface area is 201 Å². The van der Waals surface area contributed by atoms with Crippen molar-refractivity contribution in [3.63, 3.8) is 0 Å². The van der Waals surface area contributed by atoms with Gasteiger partial charge in [0.05, 0.1) is 21.2 Å². The fourth-order valence-electron chi connectivity index (χ4n) is 4.53. The molecule has 1 aliphatic heterocycles. The molecule has 7 heteroatoms. The number of aromatic nitrogens is 2. The molecule has 6 rings (SSSR count). The van der Waals surface area contributed by atoms with E-state index in [9.17, 15) is 0 Å². The van der Waals surface area contributed by atoms with Crippen molar-refractivity contribution >= 4 is 43.8 Å². The minimum Gasteiger partial charge on any atom is -0.355 e. The minimum absolute atomic E-state index is 0.195. The molecule has 1 aliphatic rings. The zero-order chi connectivity index (χ0) is 22.9. The Hall–Kier alpha value is -3.39. The number of anilines is 2. The van der Waals surface area contributed by atoms with Crippen LogP contribution in [0.25, 0.3) is 32.2 Å². The van der Waals surface area contributed by atoms with E-state index in [0.29, 0.717) is 5.56 Å². The van der Waals surface area contributed by atoms with Gasteiger partial charge in [-0.1, -0.05) is 18.2 Å². The number of hydrogen-bond acceptors (Lipinski definition) is 6. The molecule has 0 bridgehead atoms. The van der Waals surface area contributed by atoms with E-state index in [1.807, 2.05) is 54.0 Å². The molecule has 3 aromatic carbocycles. The molecule has 5 nitrogen and oxygen atoms in total. The highest BCUT2D eigenvalue weighted by molar-refractivity contribution is 7.16. The molecule has 2 aromatic heterocycles. The molecule has 0 atom stereocenters. The lowest BCUT2D eigenvalue weighted by Gasteiger charge is -2.27. The van der Waals surface area contributed by atoms with Gasteiger partial charge in [0.1, 0.15) is 5.82 Å². The number of nitrogens with one attached hydrogen (secondary N) is 2. The number of pyridine rings is 1. The predicted octanol–water partition coefficient (Wildman–Crippen LogP) is 5.80. The number of fused-ring (bicyclic) bond motifs is 2. The second-order valence-electron chi connectivity index (χ2n) is 8.59. The van der Waals surface area contributed by atoms with Crippen LogP contribution in [-0.2, 0) is 6.54 Å². The molecule has 0 amide bonds. The topological polar surface area (TPSA) is 53.1 Å². The first kappa shape index (κ1) is 21.2. The number of hydrogen-bond donors (Lipinski definition) is 2. The number of benzene rings is 3. The quantitative estimate of drug-likeness (QED) is 0.341. The summed E-state index contributed by atoms with van der Waals surface area (Å²) in [5, 5.41) is 7.80. The maximum Gasteiger partial charge on any atom is 0.131 e. The van der Waals surface area contributed by atoms with Gasteiger partial charge >= 0.3 is 0 Å². The molecule has 3 heterocycles. The van der Waals surface area contributed by atoms with E-state index >= 15 is 4.39 Å². The minimum atomic E-state index is -0.195. The van der Waals surface area contributed by atoms with Gasteiger partial charge in [-0.05, 0) is 53.6 Å². The lowest BCUT2D eigenvalue weighted by Crippen LogP contribution is -2.42. The molecular formula is C27H24FN5S. The summed E-state index contributed by atoms with van der Waals surface area (Å²) in [6.45, 7) is 4.73. The van der Waals surface area contributed by atoms with Crippen LogP contribution in [0, 0.1) is 5.82 Å². The molecule has 5 aromatic rings. The average Bonchev–Trinajstić information content (AvgIpc) is 3.33. The third-order valence-corrected chi connectivity index (χ3v) is 7.12. The van der Waals surface area contributed by atoms with Crippen LogP contribution in [0.3, 0.4) is 0 Å². The first-order valence-electron chi connectivity index (χ1n) is 11.4. The first-order chi connectivity index (χ1) is 16.7. The van der Waals surface area contributed by atoms with Gasteiger partial charge in [-0.15, -0.1) is 11.3 Å². The lowest BCUT2D eigenvalue weighted by atomic mass is 10.0. The number of halogens is 1. The van der Waals surface area contributed by atoms with E-state index in [2.05, 4.69) is 31.6 Å². The fraction of sp³-hybridized carbons (Fsp3) is 0.185. The molecule has 0 aliphatic carbocycles. The molecule has 0 spiro atoms. The third-order valence-electron chi connectivity index (χ3n) is 6.31. The van der Waals surface area contributed by atoms with E-state index in [4.69, 9.17) is 0 Å². The summed E-state index contributed by atoms with van der Waals surface area (Å²) in [7, 11) is 0. The number of thiazole rings is 1. The van der Waals surface area contributed by atoms with Gasteiger partial charge in [0.15, 0.2) is 0 Å². The van der Waals surface area contributed by atoms with Gasteiger partial charge in [0, 0.05) is 61.2 Å². The van der Waals surface area contributed by atoms with Crippen LogP contribution in [0.4, 0.5) is 15.8 Å². The zero-order valence-corrected chi connectivity index (χ0v) is 19.4. The molecular weight excluding hydrogens is 445 g/mol. The smallest absolute Gasteiger partial charge is 0.131 e. The average molecular weight is 470 g/mol. The van der Waals surface area contributed by atoms with E-state index in [-0.39, 0.29) is 5.82 Å². The number of nitrogens with zero attached hydrogens (tertiary/aromatic N) is 3. The van der Waals surface area contributed by atoms with Crippen molar-refractivity contribution in [3.05, 3.63) is 83.8 Å². The largest absolute Gasteiger partial charge is 0.355 e. The standard InChI is InChI=1S/C27H24FN5S/c28-23-13-18(16-33-11-9-29-10-12-33)1-4-21(23)19-2-5-24-22(14-19)25(7-8-30-24)32-20-3-6-27-26(15-20)31-17-34-27/h1-8,13-15,17,29H,9-12,16H2,(H,30,32). The molecule has 0 saturated carbocycles. The second kappa shape index (κ2) is 9.10. The van der Waals surface area contributed by atoms with Gasteiger partial charge in [0.2, 0.25) is 0 Å². The highest BCUT2D eigenvalue weighted by atomic mass is 32.1. The van der Waals surface area contributed by atoms with Gasteiger partial charge in [-0.25, -0.2) is 9.37 Å². The van der Waals surface area contributed by atoms with Gasteiger partial charge in [-0.2, -0.15) is 0 Å². The summed E-state index contributed by atoms with van der Waals surface area (Å²) >= 11 is 1.63. The molecule has 0 unspecified atom stereocenters. The van der Waals surface area contributed by atoms with Crippen LogP contribution in [0.2, 0.25) is 0 Å². The SMILES string of the molecule is Fc1cc(CN2CCNCC2)ccc1-c1ccc2nccc(Nc3ccc4scnc4c3)c2c1. The molecule has 2 N–H and O–H groups in total. The van der Waals surface area contributed by atoms with Crippen molar-refractivity contribution in [3.8, 4) is 11.1 Å². The highest BCUT2D eigenvalue weighted by Gasteiger charge is 2.13. The molecule has 1 fully saturated rings. The Morgan fingerprint density at radius 2 is 1.85 bits per heavy atom. The lowest BCUT2D eigenvalue weighted by molar-refractivity contribution is 0.233. The summed E-state index contributed by atoms with van der Waals surface area (Å²) < 4.78 is 16.3. The summed E-state index contributed by atoms with van der Waals surface area (Å²) in [6, 6.07) is 19.6. The number of rotatable bonds is 5. The van der Waals surface area contributed by atoms with Gasteiger partial charge in [-0.3, -0.25) is 9.88 Å². The zero-order valence-electron chi connectivity index (χ0n) is 18.6. The van der Waals surface area contributed by atoms with Crippen LogP contribution in [0.1, 0.15) is 5.56 Å². The molecule has 0 radical (unpaired) electrons. The van der Waals surface area contributed by atoms with Crippen molar-refractivity contribution in [2.75, 3.05) is 31.5 Å². The van der Waals surface area contributed by atoms with E-state index in [0.717, 1.165) is 76.3 Å². The summed E-state index contributed by atoms with van der Waals surface area (Å²) in [4.78, 5) is 11.3. The van der Waals surface area contributed by atoms with Crippen LogP contribution in [0.5, 0.6) is 0 Å². The molecule has 170 valence electrons. The Balaban J connectivity index is 1.31. The number of piperazine rings is 1. The maximum atomic E-state index is 15.2. The Bertz CT molecular complexity index is 1470. The van der Waals surface area contributed by atoms with Crippen LogP contribution in [0.15, 0.2) is 72.4 Å². The Kier molecular flexibility index (Phi) is 5.66. The van der Waals surface area contributed by atoms with Crippen LogP contribution in [-0.4, -0.2) is 41.0 Å². The summed E-state index contributed by atoms with van der Waals surface area (Å²) in [5.74, 6) is -0.195. The second-order valence-corrected chi connectivity index (χ2v) is 9.48. The maximum absolute atomic E-state index is 15.2. The van der Waals surface area contributed by atoms with E-state index in [1.54, 1.807) is 23.6 Å². The van der Waals surface area contributed by atoms with Crippen molar-refractivity contribution in [2.24, 2.45) is 0 Å². The predicted molar refractivity (Wildman–Crippen MR) is 138 cm³/mol. The van der Waals surface area contributed by atoms with Crippen molar-refractivity contribution < 1.29 is 4.39 Å². The van der Waals surface area contributed by atoms with Gasteiger partial charge in [0.25, 0.3) is 0 Å². The molecule has 34 heavy (non-hydrogen) atoms. The van der Waals surface area contributed by atoms with Gasteiger partial charge < -0.3 is 10.6 Å². The van der Waals surface area contributed by atoms with Crippen molar-refractivity contribution in [1.82, 2.24) is 20.2 Å². The van der Waals surface area contributed by atoms with Crippen LogP contribution >= 0.6 is 11.3 Å². The third kappa shape index (κ3) is 4.25. The Morgan fingerprint density at radius 1 is 0.941 bits per heavy atom. The Morgan fingerprint density at radius 3 is 2.74 bits per heavy atom. The monoisotopic (exact) mass is 469 g/mol. The first-order valence-corrected chi connectivity index (χ1v) is 12.3. The fourth-order valence-corrected chi connectivity index (χ4v) is 5.19. The summed E-state index contributed by atoms with van der Waals surface area (Å²) in [6.07, 6.45) is 1.79. The summed E-state index contributed by atoms with van der Waals surface area (Å²) in [5.41, 5.74) is 8.01. The normalized spacial score (nSPS) is 14.6. The van der Waals surface area contributed by atoms with Crippen LogP contribution < -0.4 is 10.6 Å². The van der Waals surface area contributed by atoms with E-state index in [1.165, 1.54) is 0 Å². The molecule has 1 saturated heterocycles.